The van der Waals surface area contributed by atoms with Crippen LogP contribution in [0.25, 0.3) is 33.6 Å². The normalized spacial score (nSPS) is 9.97. The minimum Gasteiger partial charge on any atom is -0.304 e. The molecule has 0 saturated heterocycles. The first-order valence-corrected chi connectivity index (χ1v) is 10.4. The summed E-state index contributed by atoms with van der Waals surface area (Å²) in [5.74, 6) is -1.28. The predicted octanol–water partition coefficient (Wildman–Crippen LogP) is 7.35. The minimum absolute atomic E-state index is 0. The molecule has 2 nitrogen and oxygen atoms in total. The molecule has 0 bridgehead atoms. The van der Waals surface area contributed by atoms with Crippen molar-refractivity contribution in [2.24, 2.45) is 0 Å². The summed E-state index contributed by atoms with van der Waals surface area (Å²) in [6.45, 7) is 1.89. The van der Waals surface area contributed by atoms with Crippen LogP contribution in [0.3, 0.4) is 0 Å². The monoisotopic (exact) mass is 627 g/mol. The first-order chi connectivity index (χ1) is 16.1. The quantitative estimate of drug-likeness (QED) is 0.196. The summed E-state index contributed by atoms with van der Waals surface area (Å²) in [5.41, 5.74) is 5.94. The Morgan fingerprint density at radius 1 is 0.706 bits per heavy atom. The van der Waals surface area contributed by atoms with E-state index >= 15 is 0 Å². The molecule has 0 fully saturated rings. The van der Waals surface area contributed by atoms with Gasteiger partial charge in [-0.15, -0.1) is 48.0 Å². The average Bonchev–Trinajstić information content (AvgIpc) is 2.86. The van der Waals surface area contributed by atoms with E-state index in [9.17, 15) is 8.78 Å². The van der Waals surface area contributed by atoms with Crippen LogP contribution < -0.4 is 0 Å². The molecule has 3 aromatic carbocycles. The van der Waals surface area contributed by atoms with Gasteiger partial charge in [0.25, 0.3) is 0 Å². The maximum atomic E-state index is 13.3. The number of pyridine rings is 2. The Labute approximate surface area is 211 Å². The molecular formula is C29H20F2IrN2-2. The van der Waals surface area contributed by atoms with Gasteiger partial charge in [0.05, 0.1) is 0 Å². The van der Waals surface area contributed by atoms with E-state index in [1.54, 1.807) is 12.3 Å². The first kappa shape index (κ1) is 25.1. The summed E-state index contributed by atoms with van der Waals surface area (Å²) in [6.07, 6.45) is 3.54. The molecule has 1 radical (unpaired) electrons. The zero-order valence-corrected chi connectivity index (χ0v) is 20.7. The predicted molar refractivity (Wildman–Crippen MR) is 127 cm³/mol. The summed E-state index contributed by atoms with van der Waals surface area (Å²) in [4.78, 5) is 8.54. The topological polar surface area (TPSA) is 25.8 Å². The SMILES string of the molecule is Cc1ccc(-c2[c-]cc(F)cc2F)nc1.[Ir].[c-]1ccccc1-c1ccc(-c2ccccc2)cn1. The molecular weight excluding hydrogens is 607 g/mol. The van der Waals surface area contributed by atoms with Gasteiger partial charge in [-0.1, -0.05) is 66.2 Å². The van der Waals surface area contributed by atoms with Crippen LogP contribution in [-0.2, 0) is 20.1 Å². The van der Waals surface area contributed by atoms with E-state index in [1.165, 1.54) is 5.56 Å². The van der Waals surface area contributed by atoms with Gasteiger partial charge in [0.1, 0.15) is 0 Å². The van der Waals surface area contributed by atoms with Crippen LogP contribution in [-0.4, -0.2) is 9.97 Å². The molecule has 0 amide bonds. The van der Waals surface area contributed by atoms with Crippen LogP contribution in [0, 0.1) is 30.7 Å². The number of benzene rings is 3. The van der Waals surface area contributed by atoms with E-state index in [4.69, 9.17) is 0 Å². The Balaban J connectivity index is 0.000000188. The zero-order chi connectivity index (χ0) is 23.0. The Morgan fingerprint density at radius 3 is 2.06 bits per heavy atom. The van der Waals surface area contributed by atoms with Crippen LogP contribution in [0.2, 0.25) is 0 Å². The molecule has 5 aromatic rings. The third-order valence-corrected chi connectivity index (χ3v) is 4.88. The van der Waals surface area contributed by atoms with Crippen molar-refractivity contribution in [2.45, 2.75) is 6.92 Å². The van der Waals surface area contributed by atoms with E-state index in [1.807, 2.05) is 67.7 Å². The fraction of sp³-hybridized carbons (Fsp3) is 0.0345. The van der Waals surface area contributed by atoms with Crippen molar-refractivity contribution < 1.29 is 28.9 Å². The first-order valence-electron chi connectivity index (χ1n) is 10.4. The van der Waals surface area contributed by atoms with Crippen LogP contribution in [0.15, 0.2) is 103 Å². The van der Waals surface area contributed by atoms with Gasteiger partial charge in [0.2, 0.25) is 0 Å². The molecule has 34 heavy (non-hydrogen) atoms. The number of aromatic nitrogens is 2. The third-order valence-electron chi connectivity index (χ3n) is 4.88. The Hall–Kier alpha value is -3.53. The van der Waals surface area contributed by atoms with Crippen molar-refractivity contribution in [3.63, 3.8) is 0 Å². The second-order valence-electron chi connectivity index (χ2n) is 7.34. The number of halogens is 2. The van der Waals surface area contributed by atoms with Gasteiger partial charge in [-0.25, -0.2) is 0 Å². The van der Waals surface area contributed by atoms with Gasteiger partial charge in [-0.3, -0.25) is 8.78 Å². The molecule has 0 unspecified atom stereocenters. The van der Waals surface area contributed by atoms with Gasteiger partial charge in [-0.05, 0) is 35.0 Å². The van der Waals surface area contributed by atoms with Gasteiger partial charge in [0, 0.05) is 44.1 Å². The van der Waals surface area contributed by atoms with Crippen molar-refractivity contribution in [3.8, 4) is 33.6 Å². The molecule has 0 aliphatic carbocycles. The van der Waals surface area contributed by atoms with Gasteiger partial charge < -0.3 is 9.97 Å². The molecule has 0 N–H and O–H groups in total. The average molecular weight is 627 g/mol. The standard InChI is InChI=1S/C17H12N.C12H8F2N.Ir/c1-3-7-14(8-4-1)16-11-12-17(18-13-16)15-9-5-2-6-10-15;1-8-2-5-12(15-7-8)10-4-3-9(13)6-11(10)14;/h1-9,11-13H;2-3,5-7H,1H3;/q2*-1;. The second kappa shape index (κ2) is 12.1. The number of hydrogen-bond donors (Lipinski definition) is 0. The van der Waals surface area contributed by atoms with E-state index < -0.39 is 11.6 Å². The fourth-order valence-corrected chi connectivity index (χ4v) is 3.16. The Kier molecular flexibility index (Phi) is 8.92. The fourth-order valence-electron chi connectivity index (χ4n) is 3.16. The number of rotatable bonds is 3. The molecule has 5 rings (SSSR count). The zero-order valence-electron chi connectivity index (χ0n) is 18.3. The van der Waals surface area contributed by atoms with E-state index in [0.717, 1.165) is 34.5 Å². The van der Waals surface area contributed by atoms with E-state index in [-0.39, 0.29) is 25.7 Å². The van der Waals surface area contributed by atoms with Crippen molar-refractivity contribution >= 4 is 0 Å². The van der Waals surface area contributed by atoms with Crippen molar-refractivity contribution in [2.75, 3.05) is 0 Å². The van der Waals surface area contributed by atoms with Crippen LogP contribution in [0.5, 0.6) is 0 Å². The Bertz CT molecular complexity index is 1250. The van der Waals surface area contributed by atoms with Crippen molar-refractivity contribution in [1.29, 1.82) is 0 Å². The summed E-state index contributed by atoms with van der Waals surface area (Å²) >= 11 is 0. The largest absolute Gasteiger partial charge is 0.304 e. The van der Waals surface area contributed by atoms with Crippen LogP contribution in [0.4, 0.5) is 8.78 Å². The van der Waals surface area contributed by atoms with Crippen LogP contribution >= 0.6 is 0 Å². The van der Waals surface area contributed by atoms with E-state index in [2.05, 4.69) is 40.3 Å². The number of hydrogen-bond acceptors (Lipinski definition) is 2. The molecule has 2 heterocycles. The summed E-state index contributed by atoms with van der Waals surface area (Å²) in [5, 5.41) is 0. The number of aryl methyl sites for hydroxylation is 1. The number of nitrogens with zero attached hydrogens (tertiary/aromatic N) is 2. The summed E-state index contributed by atoms with van der Waals surface area (Å²) in [7, 11) is 0. The molecule has 0 saturated carbocycles. The summed E-state index contributed by atoms with van der Waals surface area (Å²) in [6, 6.07) is 33.4. The molecule has 171 valence electrons. The third kappa shape index (κ3) is 6.50. The maximum absolute atomic E-state index is 13.3. The molecule has 2 aromatic heterocycles. The molecule has 0 aliphatic rings. The summed E-state index contributed by atoms with van der Waals surface area (Å²) < 4.78 is 26.0. The smallest absolute Gasteiger partial charge is 0.0408 e. The van der Waals surface area contributed by atoms with E-state index in [0.29, 0.717) is 5.69 Å². The Morgan fingerprint density at radius 2 is 1.44 bits per heavy atom. The minimum atomic E-state index is -0.647. The van der Waals surface area contributed by atoms with Crippen molar-refractivity contribution in [3.05, 3.63) is 133 Å². The molecule has 0 atom stereocenters. The maximum Gasteiger partial charge on any atom is 0.0408 e. The second-order valence-corrected chi connectivity index (χ2v) is 7.34. The van der Waals surface area contributed by atoms with Gasteiger partial charge >= 0.3 is 0 Å². The van der Waals surface area contributed by atoms with Gasteiger partial charge in [0.15, 0.2) is 0 Å². The molecule has 5 heteroatoms. The van der Waals surface area contributed by atoms with Crippen LogP contribution in [0.1, 0.15) is 5.56 Å². The molecule has 0 aliphatic heterocycles. The van der Waals surface area contributed by atoms with Crippen molar-refractivity contribution in [1.82, 2.24) is 9.97 Å². The molecule has 0 spiro atoms. The van der Waals surface area contributed by atoms with Gasteiger partial charge in [-0.2, -0.15) is 0 Å².